The molecule has 148 valence electrons. The van der Waals surface area contributed by atoms with E-state index in [1.54, 1.807) is 0 Å². The van der Waals surface area contributed by atoms with Gasteiger partial charge in [0.05, 0.1) is 24.6 Å². The minimum atomic E-state index is -4.30. The Morgan fingerprint density at radius 2 is 2.04 bits per heavy atom. The van der Waals surface area contributed by atoms with Gasteiger partial charge in [0.2, 0.25) is 0 Å². The Balaban J connectivity index is 2.29. The minimum absolute atomic E-state index is 0.00778. The maximum absolute atomic E-state index is 12.6. The Morgan fingerprint density at radius 1 is 1.41 bits per heavy atom. The average Bonchev–Trinajstić information content (AvgIpc) is 3.00. The molecule has 1 aromatic rings. The second kappa shape index (κ2) is 7.83. The Morgan fingerprint density at radius 3 is 2.52 bits per heavy atom. The molecule has 12 heteroatoms. The van der Waals surface area contributed by atoms with Crippen LogP contribution in [-0.2, 0) is 5.54 Å². The van der Waals surface area contributed by atoms with Crippen molar-refractivity contribution in [2.24, 2.45) is 5.73 Å². The zero-order chi connectivity index (χ0) is 20.2. The summed E-state index contributed by atoms with van der Waals surface area (Å²) in [5, 5.41) is 18.1. The van der Waals surface area contributed by atoms with E-state index in [0.717, 1.165) is 0 Å². The number of nitrogens with zero attached hydrogens (tertiary/aromatic N) is 4. The highest BCUT2D eigenvalue weighted by Gasteiger charge is 2.41. The number of nitrogens with one attached hydrogen (secondary N) is 2. The molecule has 0 unspecified atom stereocenters. The summed E-state index contributed by atoms with van der Waals surface area (Å²) in [6.07, 6.45) is -2.52. The van der Waals surface area contributed by atoms with Crippen molar-refractivity contribution in [3.05, 3.63) is 11.8 Å². The number of nitrogens with two attached hydrogens (primary N) is 1. The third-order valence-corrected chi connectivity index (χ3v) is 4.52. The Labute approximate surface area is 153 Å². The lowest BCUT2D eigenvalue weighted by atomic mass is 9.85. The summed E-state index contributed by atoms with van der Waals surface area (Å²) in [4.78, 5) is 24.5. The van der Waals surface area contributed by atoms with E-state index in [0.29, 0.717) is 0 Å². The number of aromatic nitrogens is 2. The van der Waals surface area contributed by atoms with E-state index in [2.05, 4.69) is 15.7 Å². The lowest BCUT2D eigenvalue weighted by Crippen LogP contribution is -2.48. The SMILES string of the molecule is CNC(=O)Nc1nn(C2(CC#N)CCN(CC(F)(F)F)CC2)cc1C(N)=O. The Hall–Kier alpha value is -2.81. The fraction of sp³-hybridized carbons (Fsp3) is 0.600. The van der Waals surface area contributed by atoms with Crippen molar-refractivity contribution in [2.75, 3.05) is 32.0 Å². The number of hydrogen-bond donors (Lipinski definition) is 3. The predicted octanol–water partition coefficient (Wildman–Crippen LogP) is 1.00. The summed E-state index contributed by atoms with van der Waals surface area (Å²) in [5.74, 6) is -0.897. The molecule has 1 aliphatic heterocycles. The van der Waals surface area contributed by atoms with E-state index in [1.165, 1.54) is 22.8 Å². The molecule has 3 amide bonds. The van der Waals surface area contributed by atoms with Crippen molar-refractivity contribution in [3.8, 4) is 6.07 Å². The summed E-state index contributed by atoms with van der Waals surface area (Å²) in [7, 11) is 1.38. The first-order valence-electron chi connectivity index (χ1n) is 8.15. The van der Waals surface area contributed by atoms with Crippen molar-refractivity contribution in [1.29, 1.82) is 5.26 Å². The van der Waals surface area contributed by atoms with Crippen LogP contribution in [0.3, 0.4) is 0 Å². The van der Waals surface area contributed by atoms with E-state index in [4.69, 9.17) is 5.73 Å². The summed E-state index contributed by atoms with van der Waals surface area (Å²) in [6, 6.07) is 1.42. The first kappa shape index (κ1) is 20.5. The molecular weight excluding hydrogens is 367 g/mol. The van der Waals surface area contributed by atoms with Crippen LogP contribution in [0, 0.1) is 11.3 Å². The lowest BCUT2D eigenvalue weighted by Gasteiger charge is -2.40. The quantitative estimate of drug-likeness (QED) is 0.694. The number of anilines is 1. The number of halogens is 3. The maximum Gasteiger partial charge on any atom is 0.401 e. The number of rotatable bonds is 5. The highest BCUT2D eigenvalue weighted by molar-refractivity contribution is 6.01. The standard InChI is InChI=1S/C15H20F3N7O2/c1-21-13(27)22-12-10(11(20)26)8-25(23-12)14(2-5-19)3-6-24(7-4-14)9-15(16,17)18/h8H,2-4,6-7,9H2,1H3,(H2,20,26)(H2,21,22,23,27). The van der Waals surface area contributed by atoms with Gasteiger partial charge in [0.15, 0.2) is 5.82 Å². The second-order valence-corrected chi connectivity index (χ2v) is 6.35. The molecule has 1 aliphatic rings. The van der Waals surface area contributed by atoms with E-state index < -0.39 is 30.2 Å². The molecule has 0 aromatic carbocycles. The van der Waals surface area contributed by atoms with Gasteiger partial charge in [-0.2, -0.15) is 23.5 Å². The van der Waals surface area contributed by atoms with Crippen molar-refractivity contribution < 1.29 is 22.8 Å². The van der Waals surface area contributed by atoms with Crippen LogP contribution < -0.4 is 16.4 Å². The molecule has 1 saturated heterocycles. The van der Waals surface area contributed by atoms with E-state index >= 15 is 0 Å². The molecule has 27 heavy (non-hydrogen) atoms. The van der Waals surface area contributed by atoms with Gasteiger partial charge < -0.3 is 11.1 Å². The molecule has 4 N–H and O–H groups in total. The molecule has 0 spiro atoms. The summed E-state index contributed by atoms with van der Waals surface area (Å²) in [6.45, 7) is -0.791. The van der Waals surface area contributed by atoms with Gasteiger partial charge in [-0.15, -0.1) is 0 Å². The lowest BCUT2D eigenvalue weighted by molar-refractivity contribution is -0.150. The molecule has 0 bridgehead atoms. The van der Waals surface area contributed by atoms with Gasteiger partial charge in [0.1, 0.15) is 5.56 Å². The number of urea groups is 1. The number of nitriles is 1. The van der Waals surface area contributed by atoms with Crippen LogP contribution >= 0.6 is 0 Å². The highest BCUT2D eigenvalue weighted by atomic mass is 19.4. The fourth-order valence-corrected chi connectivity index (χ4v) is 3.07. The normalized spacial score (nSPS) is 17.1. The van der Waals surface area contributed by atoms with Crippen LogP contribution in [0.5, 0.6) is 0 Å². The molecule has 2 rings (SSSR count). The largest absolute Gasteiger partial charge is 0.401 e. The van der Waals surface area contributed by atoms with Crippen molar-refractivity contribution in [1.82, 2.24) is 20.0 Å². The van der Waals surface area contributed by atoms with Gasteiger partial charge in [0, 0.05) is 26.3 Å². The van der Waals surface area contributed by atoms with E-state index in [9.17, 15) is 28.0 Å². The minimum Gasteiger partial charge on any atom is -0.365 e. The Bertz CT molecular complexity index is 746. The van der Waals surface area contributed by atoms with Gasteiger partial charge in [-0.25, -0.2) is 4.79 Å². The first-order valence-corrected chi connectivity index (χ1v) is 8.15. The number of alkyl halides is 3. The monoisotopic (exact) mass is 387 g/mol. The molecule has 0 aliphatic carbocycles. The van der Waals surface area contributed by atoms with Gasteiger partial charge in [0.25, 0.3) is 5.91 Å². The number of piperidine rings is 1. The van der Waals surface area contributed by atoms with Crippen LogP contribution in [0.1, 0.15) is 29.6 Å². The number of carbonyl (C=O) groups is 2. The number of primary amides is 1. The number of carbonyl (C=O) groups excluding carboxylic acids is 2. The first-order chi connectivity index (χ1) is 12.6. The summed E-state index contributed by atoms with van der Waals surface area (Å²) < 4.78 is 39.2. The Kier molecular flexibility index (Phi) is 5.94. The summed E-state index contributed by atoms with van der Waals surface area (Å²) in [5.41, 5.74) is 4.39. The van der Waals surface area contributed by atoms with Crippen molar-refractivity contribution in [2.45, 2.75) is 31.0 Å². The van der Waals surface area contributed by atoms with Gasteiger partial charge in [-0.1, -0.05) is 0 Å². The van der Waals surface area contributed by atoms with Gasteiger partial charge >= 0.3 is 12.2 Å². The molecule has 9 nitrogen and oxygen atoms in total. The number of likely N-dealkylation sites (tertiary alicyclic amines) is 1. The topological polar surface area (TPSA) is 129 Å². The molecular formula is C15H20F3N7O2. The number of amides is 3. The summed E-state index contributed by atoms with van der Waals surface area (Å²) >= 11 is 0. The molecule has 0 atom stereocenters. The number of hydrogen-bond acceptors (Lipinski definition) is 5. The van der Waals surface area contributed by atoms with Crippen molar-refractivity contribution >= 4 is 17.8 Å². The molecule has 0 radical (unpaired) electrons. The van der Waals surface area contributed by atoms with Crippen LogP contribution in [0.25, 0.3) is 0 Å². The predicted molar refractivity (Wildman–Crippen MR) is 88.8 cm³/mol. The fourth-order valence-electron chi connectivity index (χ4n) is 3.07. The van der Waals surface area contributed by atoms with Gasteiger partial charge in [-0.05, 0) is 12.8 Å². The second-order valence-electron chi connectivity index (χ2n) is 6.35. The van der Waals surface area contributed by atoms with Crippen LogP contribution in [0.15, 0.2) is 6.20 Å². The maximum atomic E-state index is 12.6. The third-order valence-electron chi connectivity index (χ3n) is 4.52. The third kappa shape index (κ3) is 4.88. The van der Waals surface area contributed by atoms with E-state index in [-0.39, 0.29) is 43.7 Å². The zero-order valence-corrected chi connectivity index (χ0v) is 14.6. The van der Waals surface area contributed by atoms with Crippen LogP contribution in [0.4, 0.5) is 23.8 Å². The van der Waals surface area contributed by atoms with Crippen molar-refractivity contribution in [3.63, 3.8) is 0 Å². The molecule has 1 aromatic heterocycles. The average molecular weight is 387 g/mol. The van der Waals surface area contributed by atoms with E-state index in [1.807, 2.05) is 6.07 Å². The highest BCUT2D eigenvalue weighted by Crippen LogP contribution is 2.35. The van der Waals surface area contributed by atoms with Crippen LogP contribution in [-0.4, -0.2) is 59.5 Å². The van der Waals surface area contributed by atoms with Gasteiger partial charge in [-0.3, -0.25) is 19.7 Å². The molecule has 0 saturated carbocycles. The molecule has 1 fully saturated rings. The zero-order valence-electron chi connectivity index (χ0n) is 14.6. The van der Waals surface area contributed by atoms with Crippen LogP contribution in [0.2, 0.25) is 0 Å². The molecule has 2 heterocycles. The smallest absolute Gasteiger partial charge is 0.365 e.